The van der Waals surface area contributed by atoms with Gasteiger partial charge < -0.3 is 10.1 Å². The molecule has 1 aliphatic carbocycles. The van der Waals surface area contributed by atoms with Gasteiger partial charge in [-0.2, -0.15) is 0 Å². The van der Waals surface area contributed by atoms with Gasteiger partial charge in [-0.1, -0.05) is 13.8 Å². The number of fused-ring (bicyclic) bond motifs is 1. The predicted octanol–water partition coefficient (Wildman–Crippen LogP) is 2.00. The summed E-state index contributed by atoms with van der Waals surface area (Å²) in [6.07, 6.45) is 0.954. The quantitative estimate of drug-likeness (QED) is 0.861. The highest BCUT2D eigenvalue weighted by Gasteiger charge is 2.47. The molecule has 0 bridgehead atoms. The summed E-state index contributed by atoms with van der Waals surface area (Å²) >= 11 is 0. The molecule has 21 heavy (non-hydrogen) atoms. The second-order valence-electron chi connectivity index (χ2n) is 6.25. The zero-order valence-electron chi connectivity index (χ0n) is 11.7. The number of hydrogen-bond donors (Lipinski definition) is 1. The molecule has 1 saturated carbocycles. The van der Waals surface area contributed by atoms with Gasteiger partial charge in [0.05, 0.1) is 4.90 Å². The van der Waals surface area contributed by atoms with E-state index in [0.29, 0.717) is 11.3 Å². The summed E-state index contributed by atoms with van der Waals surface area (Å²) < 4.78 is 28.3. The van der Waals surface area contributed by atoms with Crippen molar-refractivity contribution in [1.29, 1.82) is 0 Å². The summed E-state index contributed by atoms with van der Waals surface area (Å²) in [4.78, 5) is 12.3. The molecule has 3 rings (SSSR count). The molecule has 7 heteroatoms. The summed E-state index contributed by atoms with van der Waals surface area (Å²) in [7, 11) is 1.53. The molecule has 2 atom stereocenters. The van der Waals surface area contributed by atoms with Crippen molar-refractivity contribution >= 4 is 25.6 Å². The molecule has 1 aromatic rings. The van der Waals surface area contributed by atoms with Crippen molar-refractivity contribution in [2.24, 2.45) is 5.41 Å². The van der Waals surface area contributed by atoms with E-state index >= 15 is 0 Å². The lowest BCUT2D eigenvalue weighted by Crippen LogP contribution is -2.33. The average Bonchev–Trinajstić information content (AvgIpc) is 2.82. The van der Waals surface area contributed by atoms with Gasteiger partial charge in [0.2, 0.25) is 5.91 Å². The number of nitrogens with one attached hydrogen (secondary N) is 1. The molecule has 1 amide bonds. The van der Waals surface area contributed by atoms with Gasteiger partial charge in [0.15, 0.2) is 0 Å². The second-order valence-corrected chi connectivity index (χ2v) is 8.82. The van der Waals surface area contributed by atoms with Gasteiger partial charge in [0.25, 0.3) is 9.05 Å². The van der Waals surface area contributed by atoms with Crippen LogP contribution in [0.1, 0.15) is 31.7 Å². The van der Waals surface area contributed by atoms with Gasteiger partial charge in [-0.25, -0.2) is 8.42 Å². The first kappa shape index (κ1) is 14.7. The van der Waals surface area contributed by atoms with Crippen LogP contribution in [0.15, 0.2) is 23.1 Å². The predicted molar refractivity (Wildman–Crippen MR) is 78.0 cm³/mol. The lowest BCUT2D eigenvalue weighted by molar-refractivity contribution is -0.123. The molecule has 1 fully saturated rings. The van der Waals surface area contributed by atoms with Crippen LogP contribution >= 0.6 is 10.7 Å². The molecule has 0 radical (unpaired) electrons. The van der Waals surface area contributed by atoms with E-state index < -0.39 is 15.0 Å². The highest BCUT2D eigenvalue weighted by Crippen LogP contribution is 2.45. The Morgan fingerprint density at radius 3 is 2.67 bits per heavy atom. The molecule has 2 unspecified atom stereocenters. The summed E-state index contributed by atoms with van der Waals surface area (Å²) in [5.74, 6) is -0.0857. The highest BCUT2D eigenvalue weighted by molar-refractivity contribution is 8.13. The van der Waals surface area contributed by atoms with Crippen molar-refractivity contribution in [3.63, 3.8) is 0 Å². The Morgan fingerprint density at radius 2 is 2.10 bits per heavy atom. The van der Waals surface area contributed by atoms with Crippen molar-refractivity contribution in [2.45, 2.75) is 37.1 Å². The third kappa shape index (κ3) is 2.74. The van der Waals surface area contributed by atoms with Gasteiger partial charge in [-0.3, -0.25) is 4.79 Å². The van der Waals surface area contributed by atoms with E-state index in [0.717, 1.165) is 6.42 Å². The number of ether oxygens (including phenoxy) is 1. The van der Waals surface area contributed by atoms with E-state index in [9.17, 15) is 13.2 Å². The van der Waals surface area contributed by atoms with Crippen LogP contribution in [0.25, 0.3) is 0 Å². The molecular formula is C14H16ClNO4S. The van der Waals surface area contributed by atoms with E-state index in [2.05, 4.69) is 19.2 Å². The molecule has 1 aromatic carbocycles. The molecule has 0 spiro atoms. The van der Waals surface area contributed by atoms with Gasteiger partial charge in [-0.05, 0) is 30.0 Å². The third-order valence-corrected chi connectivity index (χ3v) is 5.54. The molecule has 1 N–H and O–H groups in total. The van der Waals surface area contributed by atoms with E-state index in [1.807, 2.05) is 0 Å². The van der Waals surface area contributed by atoms with Crippen molar-refractivity contribution in [1.82, 2.24) is 5.32 Å². The van der Waals surface area contributed by atoms with Crippen LogP contribution in [-0.4, -0.2) is 27.0 Å². The molecule has 1 aliphatic heterocycles. The molecule has 0 aromatic heterocycles. The minimum atomic E-state index is -3.82. The summed E-state index contributed by atoms with van der Waals surface area (Å²) in [6, 6.07) is 4.52. The van der Waals surface area contributed by atoms with E-state index in [1.54, 1.807) is 6.07 Å². The van der Waals surface area contributed by atoms with E-state index in [-0.39, 0.29) is 28.9 Å². The Balaban J connectivity index is 1.84. The SMILES string of the molecule is CC1(C)CC1NC(=O)C1COc2ccc(S(=O)(=O)Cl)cc21. The van der Waals surface area contributed by atoms with Gasteiger partial charge in [-0.15, -0.1) is 0 Å². The van der Waals surface area contributed by atoms with Crippen molar-refractivity contribution in [3.8, 4) is 5.75 Å². The molecule has 5 nitrogen and oxygen atoms in total. The largest absolute Gasteiger partial charge is 0.492 e. The fraction of sp³-hybridized carbons (Fsp3) is 0.500. The number of amides is 1. The van der Waals surface area contributed by atoms with Crippen molar-refractivity contribution < 1.29 is 17.9 Å². The van der Waals surface area contributed by atoms with Crippen LogP contribution in [0, 0.1) is 5.41 Å². The first-order valence-corrected chi connectivity index (χ1v) is 9.01. The standard InChI is InChI=1S/C14H16ClNO4S/c1-14(2)6-12(14)16-13(17)10-7-20-11-4-3-8(5-9(10)11)21(15,18)19/h3-5,10,12H,6-7H2,1-2H3,(H,16,17). The highest BCUT2D eigenvalue weighted by atomic mass is 35.7. The minimum Gasteiger partial charge on any atom is -0.492 e. The summed E-state index contributed by atoms with van der Waals surface area (Å²) in [5, 5.41) is 2.98. The maximum Gasteiger partial charge on any atom is 0.261 e. The van der Waals surface area contributed by atoms with Gasteiger partial charge >= 0.3 is 0 Å². The first-order valence-electron chi connectivity index (χ1n) is 6.70. The minimum absolute atomic E-state index is 0.0158. The fourth-order valence-electron chi connectivity index (χ4n) is 2.55. The molecule has 0 saturated heterocycles. The first-order chi connectivity index (χ1) is 9.68. The van der Waals surface area contributed by atoms with Crippen LogP contribution in [0.2, 0.25) is 0 Å². The third-order valence-electron chi connectivity index (χ3n) is 4.19. The Hall–Kier alpha value is -1.27. The molecule has 114 valence electrons. The Morgan fingerprint density at radius 1 is 1.43 bits per heavy atom. The van der Waals surface area contributed by atoms with Crippen molar-refractivity contribution in [2.75, 3.05) is 6.61 Å². The lowest BCUT2D eigenvalue weighted by Gasteiger charge is -2.11. The fourth-order valence-corrected chi connectivity index (χ4v) is 3.33. The number of halogens is 1. The van der Waals surface area contributed by atoms with Crippen LogP contribution in [0.3, 0.4) is 0 Å². The number of rotatable bonds is 3. The normalized spacial score (nSPS) is 25.9. The Bertz CT molecular complexity index is 714. The van der Waals surface area contributed by atoms with Crippen LogP contribution in [0.5, 0.6) is 5.75 Å². The van der Waals surface area contributed by atoms with Crippen LogP contribution in [-0.2, 0) is 13.8 Å². The monoisotopic (exact) mass is 329 g/mol. The summed E-state index contributed by atoms with van der Waals surface area (Å²) in [6.45, 7) is 4.41. The zero-order chi connectivity index (χ0) is 15.4. The van der Waals surface area contributed by atoms with Gasteiger partial charge in [0, 0.05) is 22.3 Å². The second kappa shape index (κ2) is 4.61. The summed E-state index contributed by atoms with van der Waals surface area (Å²) in [5.41, 5.74) is 0.715. The van der Waals surface area contributed by atoms with E-state index in [1.165, 1.54) is 12.1 Å². The number of carbonyl (C=O) groups is 1. The Kier molecular flexibility index (Phi) is 3.22. The number of benzene rings is 1. The molecular weight excluding hydrogens is 314 g/mol. The molecule has 2 aliphatic rings. The smallest absolute Gasteiger partial charge is 0.261 e. The van der Waals surface area contributed by atoms with Crippen LogP contribution < -0.4 is 10.1 Å². The Labute approximate surface area is 128 Å². The molecule has 1 heterocycles. The maximum absolute atomic E-state index is 12.3. The lowest BCUT2D eigenvalue weighted by atomic mass is 10.0. The maximum atomic E-state index is 12.3. The zero-order valence-corrected chi connectivity index (χ0v) is 13.3. The van der Waals surface area contributed by atoms with Crippen LogP contribution in [0.4, 0.5) is 0 Å². The van der Waals surface area contributed by atoms with E-state index in [4.69, 9.17) is 15.4 Å². The van der Waals surface area contributed by atoms with Crippen molar-refractivity contribution in [3.05, 3.63) is 23.8 Å². The topological polar surface area (TPSA) is 72.5 Å². The number of carbonyl (C=O) groups excluding carboxylic acids is 1. The average molecular weight is 330 g/mol. The van der Waals surface area contributed by atoms with Gasteiger partial charge in [0.1, 0.15) is 18.3 Å². The number of hydrogen-bond acceptors (Lipinski definition) is 4.